The van der Waals surface area contributed by atoms with Gasteiger partial charge in [0.1, 0.15) is 11.5 Å². The highest BCUT2D eigenvalue weighted by Crippen LogP contribution is 2.28. The van der Waals surface area contributed by atoms with Crippen molar-refractivity contribution in [2.24, 2.45) is 0 Å². The molecule has 0 saturated heterocycles. The smallest absolute Gasteiger partial charge is 0.161 e. The molecule has 130 valence electrons. The van der Waals surface area contributed by atoms with Gasteiger partial charge in [-0.2, -0.15) is 0 Å². The number of hydrogen-bond acceptors (Lipinski definition) is 3. The van der Waals surface area contributed by atoms with Gasteiger partial charge in [0, 0.05) is 28.5 Å². The third kappa shape index (κ3) is 3.30. The Bertz CT molecular complexity index is 1080. The van der Waals surface area contributed by atoms with Crippen LogP contribution in [0.2, 0.25) is 0 Å². The minimum absolute atomic E-state index is 0.118. The zero-order valence-electron chi connectivity index (χ0n) is 13.3. The molecule has 2 heterocycles. The predicted molar refractivity (Wildman–Crippen MR) is 95.2 cm³/mol. The number of rotatable bonds is 4. The zero-order chi connectivity index (χ0) is 18.1. The van der Waals surface area contributed by atoms with Crippen LogP contribution >= 0.6 is 11.8 Å². The molecular formula is C19H12F3N3S. The second kappa shape index (κ2) is 6.84. The number of thioether (sulfide) groups is 1. The van der Waals surface area contributed by atoms with E-state index in [9.17, 15) is 13.2 Å². The first-order valence-electron chi connectivity index (χ1n) is 7.77. The van der Waals surface area contributed by atoms with E-state index in [0.29, 0.717) is 11.9 Å². The molecule has 0 radical (unpaired) electrons. The molecule has 0 aliphatic carbocycles. The van der Waals surface area contributed by atoms with Crippen LogP contribution in [-0.4, -0.2) is 15.0 Å². The summed E-state index contributed by atoms with van der Waals surface area (Å²) in [4.78, 5) is 12.8. The third-order valence-electron chi connectivity index (χ3n) is 3.84. The topological polar surface area (TPSA) is 41.6 Å². The second-order valence-electron chi connectivity index (χ2n) is 5.63. The lowest BCUT2D eigenvalue weighted by Crippen LogP contribution is -1.93. The summed E-state index contributed by atoms with van der Waals surface area (Å²) in [5.74, 6) is -2.13. The fraction of sp³-hybridized carbons (Fsp3) is 0.0526. The van der Waals surface area contributed by atoms with Crippen LogP contribution in [0.4, 0.5) is 13.2 Å². The van der Waals surface area contributed by atoms with Crippen molar-refractivity contribution in [1.29, 1.82) is 0 Å². The number of benzene rings is 2. The lowest BCUT2D eigenvalue weighted by Gasteiger charge is -2.04. The quantitative estimate of drug-likeness (QED) is 0.389. The number of halogens is 3. The van der Waals surface area contributed by atoms with Crippen molar-refractivity contribution in [2.45, 2.75) is 10.6 Å². The molecule has 3 nitrogen and oxygen atoms in total. The Morgan fingerprint density at radius 1 is 0.923 bits per heavy atom. The summed E-state index contributed by atoms with van der Waals surface area (Å²) in [6.07, 6.45) is 1.69. The number of nitrogens with zero attached hydrogens (tertiary/aromatic N) is 2. The van der Waals surface area contributed by atoms with Crippen molar-refractivity contribution < 1.29 is 13.2 Å². The van der Waals surface area contributed by atoms with Crippen LogP contribution < -0.4 is 0 Å². The largest absolute Gasteiger partial charge is 0.337 e. The van der Waals surface area contributed by atoms with Gasteiger partial charge in [-0.15, -0.1) is 11.8 Å². The molecule has 0 unspecified atom stereocenters. The molecule has 0 aliphatic heterocycles. The fourth-order valence-electron chi connectivity index (χ4n) is 2.54. The zero-order valence-corrected chi connectivity index (χ0v) is 14.2. The van der Waals surface area contributed by atoms with Crippen molar-refractivity contribution in [3.63, 3.8) is 0 Å². The van der Waals surface area contributed by atoms with Gasteiger partial charge in [-0.3, -0.25) is 4.98 Å². The predicted octanol–water partition coefficient (Wildman–Crippen LogP) is 5.33. The van der Waals surface area contributed by atoms with E-state index in [-0.39, 0.29) is 11.3 Å². The van der Waals surface area contributed by atoms with Crippen molar-refractivity contribution in [3.05, 3.63) is 77.7 Å². The maximum atomic E-state index is 13.7. The Kier molecular flexibility index (Phi) is 4.38. The Morgan fingerprint density at radius 3 is 2.58 bits per heavy atom. The molecule has 7 heteroatoms. The van der Waals surface area contributed by atoms with Crippen LogP contribution in [0.25, 0.3) is 22.6 Å². The van der Waals surface area contributed by atoms with Crippen LogP contribution in [0.3, 0.4) is 0 Å². The molecule has 0 bridgehead atoms. The molecule has 2 aromatic heterocycles. The van der Waals surface area contributed by atoms with Gasteiger partial charge < -0.3 is 4.98 Å². The Balaban J connectivity index is 1.57. The first-order chi connectivity index (χ1) is 12.6. The first kappa shape index (κ1) is 16.7. The van der Waals surface area contributed by atoms with Gasteiger partial charge in [-0.25, -0.2) is 18.2 Å². The molecule has 4 aromatic rings. The van der Waals surface area contributed by atoms with Crippen molar-refractivity contribution >= 4 is 22.8 Å². The lowest BCUT2D eigenvalue weighted by molar-refractivity contribution is 0.492. The van der Waals surface area contributed by atoms with Crippen molar-refractivity contribution in [2.75, 3.05) is 0 Å². The number of nitrogens with one attached hydrogen (secondary N) is 1. The average Bonchev–Trinajstić information content (AvgIpc) is 3.08. The molecule has 0 spiro atoms. The van der Waals surface area contributed by atoms with E-state index >= 15 is 0 Å². The Hall–Kier alpha value is -2.80. The summed E-state index contributed by atoms with van der Waals surface area (Å²) in [6, 6.07) is 12.6. The van der Waals surface area contributed by atoms with E-state index in [4.69, 9.17) is 0 Å². The summed E-state index contributed by atoms with van der Waals surface area (Å²) < 4.78 is 40.0. The molecule has 0 amide bonds. The number of hydrogen-bond donors (Lipinski definition) is 1. The van der Waals surface area contributed by atoms with Crippen LogP contribution in [-0.2, 0) is 5.75 Å². The Labute approximate surface area is 151 Å². The van der Waals surface area contributed by atoms with Crippen molar-refractivity contribution in [1.82, 2.24) is 15.0 Å². The normalized spacial score (nSPS) is 11.2. The highest BCUT2D eigenvalue weighted by molar-refractivity contribution is 7.98. The van der Waals surface area contributed by atoms with Gasteiger partial charge in [0.15, 0.2) is 17.5 Å². The van der Waals surface area contributed by atoms with Gasteiger partial charge in [-0.1, -0.05) is 6.07 Å². The number of fused-ring (bicyclic) bond motifs is 1. The van der Waals surface area contributed by atoms with Crippen LogP contribution in [0.5, 0.6) is 0 Å². The molecule has 1 N–H and O–H groups in total. The summed E-state index contributed by atoms with van der Waals surface area (Å²) in [5.41, 5.74) is 2.46. The minimum Gasteiger partial charge on any atom is -0.337 e. The number of pyridine rings is 1. The lowest BCUT2D eigenvalue weighted by atomic mass is 10.2. The molecule has 0 fully saturated rings. The summed E-state index contributed by atoms with van der Waals surface area (Å²) in [6.45, 7) is 0. The second-order valence-corrected chi connectivity index (χ2v) is 6.67. The van der Waals surface area contributed by atoms with Gasteiger partial charge in [0.05, 0.1) is 11.0 Å². The van der Waals surface area contributed by atoms with E-state index in [0.717, 1.165) is 27.7 Å². The molecular weight excluding hydrogens is 359 g/mol. The maximum absolute atomic E-state index is 13.7. The number of aromatic amines is 1. The van der Waals surface area contributed by atoms with E-state index in [1.165, 1.54) is 11.8 Å². The van der Waals surface area contributed by atoms with Crippen molar-refractivity contribution in [3.8, 4) is 11.5 Å². The van der Waals surface area contributed by atoms with Gasteiger partial charge >= 0.3 is 0 Å². The van der Waals surface area contributed by atoms with E-state index in [2.05, 4.69) is 15.0 Å². The van der Waals surface area contributed by atoms with Gasteiger partial charge in [0.25, 0.3) is 0 Å². The molecule has 0 atom stereocenters. The van der Waals surface area contributed by atoms with Crippen LogP contribution in [0, 0.1) is 17.5 Å². The van der Waals surface area contributed by atoms with E-state index in [1.54, 1.807) is 6.20 Å². The molecule has 2 aromatic carbocycles. The number of H-pyrrole nitrogens is 1. The third-order valence-corrected chi connectivity index (χ3v) is 4.89. The summed E-state index contributed by atoms with van der Waals surface area (Å²) in [7, 11) is 0. The van der Waals surface area contributed by atoms with Crippen LogP contribution in [0.15, 0.2) is 59.6 Å². The number of aromatic nitrogens is 3. The molecule has 26 heavy (non-hydrogen) atoms. The fourth-order valence-corrected chi connectivity index (χ4v) is 3.45. The van der Waals surface area contributed by atoms with Gasteiger partial charge in [0.2, 0.25) is 0 Å². The standard InChI is InChI=1S/C19H12F3N3S/c20-13-9-15(22)14(21)7-11(13)10-26-12-4-5-16-18(8-12)25-19(24-16)17-3-1-2-6-23-17/h1-9H,10H2,(H,24,25). The first-order valence-corrected chi connectivity index (χ1v) is 8.76. The average molecular weight is 371 g/mol. The summed E-state index contributed by atoms with van der Waals surface area (Å²) in [5, 5.41) is 0. The highest BCUT2D eigenvalue weighted by Gasteiger charge is 2.11. The maximum Gasteiger partial charge on any atom is 0.161 e. The van der Waals surface area contributed by atoms with E-state index < -0.39 is 17.5 Å². The monoisotopic (exact) mass is 371 g/mol. The Morgan fingerprint density at radius 2 is 1.77 bits per heavy atom. The molecule has 4 rings (SSSR count). The number of imidazole rings is 1. The minimum atomic E-state index is -1.18. The van der Waals surface area contributed by atoms with Gasteiger partial charge in [-0.05, 0) is 36.4 Å². The summed E-state index contributed by atoms with van der Waals surface area (Å²) >= 11 is 1.33. The van der Waals surface area contributed by atoms with E-state index in [1.807, 2.05) is 36.4 Å². The molecule has 0 aliphatic rings. The molecule has 0 saturated carbocycles. The van der Waals surface area contributed by atoms with Crippen LogP contribution in [0.1, 0.15) is 5.56 Å². The SMILES string of the molecule is Fc1cc(F)c(CSc2ccc3nc(-c4ccccn4)[nH]c3c2)cc1F. The highest BCUT2D eigenvalue weighted by atomic mass is 32.2.